The van der Waals surface area contributed by atoms with E-state index in [-0.39, 0.29) is 30.4 Å². The average molecular weight is 409 g/mol. The molecule has 1 amide bonds. The zero-order valence-corrected chi connectivity index (χ0v) is 17.3. The molecule has 0 aliphatic carbocycles. The molecule has 2 aromatic heterocycles. The van der Waals surface area contributed by atoms with Crippen LogP contribution >= 0.6 is 0 Å². The minimum atomic E-state index is -0.650. The second-order valence-electron chi connectivity index (χ2n) is 7.07. The van der Waals surface area contributed by atoms with E-state index in [4.69, 9.17) is 5.73 Å². The maximum atomic E-state index is 13.0. The highest BCUT2D eigenvalue weighted by molar-refractivity contribution is 5.96. The number of nitrogens with one attached hydrogen (secondary N) is 1. The summed E-state index contributed by atoms with van der Waals surface area (Å²) in [6.07, 6.45) is 5.62. The maximum Gasteiger partial charge on any atom is 0.330 e. The monoisotopic (exact) mass is 409 g/mol. The van der Waals surface area contributed by atoms with Gasteiger partial charge in [-0.3, -0.25) is 19.1 Å². The second kappa shape index (κ2) is 9.30. The summed E-state index contributed by atoms with van der Waals surface area (Å²) < 4.78 is 3.30. The van der Waals surface area contributed by atoms with Crippen molar-refractivity contribution >= 4 is 17.4 Å². The van der Waals surface area contributed by atoms with Crippen molar-refractivity contribution in [1.82, 2.24) is 14.1 Å². The standard InChI is InChI=1S/C22H27N5O3/c1-3-5-14-27-20(23)19(21(29)24-22(27)30)26(4-2)18(28)15-16-8-10-17(11-9-16)25-12-6-7-13-25/h6-13H,3-5,14-15,23H2,1-2H3,(H,24,29,30). The third-order valence-electron chi connectivity index (χ3n) is 5.03. The number of carbonyl (C=O) groups is 1. The molecule has 0 atom stereocenters. The van der Waals surface area contributed by atoms with Crippen LogP contribution < -0.4 is 21.9 Å². The number of aromatic amines is 1. The Morgan fingerprint density at radius 1 is 1.10 bits per heavy atom. The summed E-state index contributed by atoms with van der Waals surface area (Å²) >= 11 is 0. The van der Waals surface area contributed by atoms with Crippen molar-refractivity contribution in [2.75, 3.05) is 17.2 Å². The number of carbonyl (C=O) groups excluding carboxylic acids is 1. The lowest BCUT2D eigenvalue weighted by Crippen LogP contribution is -2.41. The third-order valence-corrected chi connectivity index (χ3v) is 5.03. The summed E-state index contributed by atoms with van der Waals surface area (Å²) in [5, 5.41) is 0. The lowest BCUT2D eigenvalue weighted by atomic mass is 10.1. The van der Waals surface area contributed by atoms with E-state index in [0.717, 1.165) is 24.1 Å². The number of anilines is 2. The molecule has 3 rings (SSSR count). The van der Waals surface area contributed by atoms with Crippen LogP contribution in [0.1, 0.15) is 32.3 Å². The SMILES string of the molecule is CCCCn1c(N)c(N(CC)C(=O)Cc2ccc(-n3cccc3)cc2)c(=O)[nH]c1=O. The normalized spacial score (nSPS) is 10.9. The Morgan fingerprint density at radius 3 is 2.37 bits per heavy atom. The van der Waals surface area contributed by atoms with Crippen LogP contribution in [0.4, 0.5) is 11.5 Å². The molecule has 3 N–H and O–H groups in total. The predicted molar refractivity (Wildman–Crippen MR) is 118 cm³/mol. The molecular formula is C22H27N5O3. The molecule has 0 aliphatic rings. The Labute approximate surface area is 174 Å². The van der Waals surface area contributed by atoms with Gasteiger partial charge in [0.25, 0.3) is 5.56 Å². The number of rotatable bonds is 8. The first-order valence-electron chi connectivity index (χ1n) is 10.1. The highest BCUT2D eigenvalue weighted by Gasteiger charge is 2.23. The van der Waals surface area contributed by atoms with Crippen LogP contribution in [-0.2, 0) is 17.8 Å². The zero-order valence-electron chi connectivity index (χ0n) is 17.3. The van der Waals surface area contributed by atoms with Gasteiger partial charge in [0.15, 0.2) is 5.69 Å². The number of unbranched alkanes of at least 4 members (excludes halogenated alkanes) is 1. The Bertz CT molecular complexity index is 1110. The van der Waals surface area contributed by atoms with Gasteiger partial charge in [0.05, 0.1) is 6.42 Å². The minimum absolute atomic E-state index is 0.0235. The lowest BCUT2D eigenvalue weighted by Gasteiger charge is -2.23. The molecule has 0 saturated heterocycles. The number of hydrogen-bond acceptors (Lipinski definition) is 4. The molecule has 0 spiro atoms. The van der Waals surface area contributed by atoms with Gasteiger partial charge < -0.3 is 15.2 Å². The zero-order chi connectivity index (χ0) is 21.7. The van der Waals surface area contributed by atoms with Gasteiger partial charge in [-0.15, -0.1) is 0 Å². The number of amides is 1. The molecular weight excluding hydrogens is 382 g/mol. The van der Waals surface area contributed by atoms with Crippen molar-refractivity contribution in [3.63, 3.8) is 0 Å². The van der Waals surface area contributed by atoms with Crippen LogP contribution in [0, 0.1) is 0 Å². The van der Waals surface area contributed by atoms with Crippen LogP contribution in [0.5, 0.6) is 0 Å². The first-order valence-corrected chi connectivity index (χ1v) is 10.1. The molecule has 0 bridgehead atoms. The topological polar surface area (TPSA) is 106 Å². The molecule has 0 saturated carbocycles. The Kier molecular flexibility index (Phi) is 6.56. The first-order chi connectivity index (χ1) is 14.5. The summed E-state index contributed by atoms with van der Waals surface area (Å²) in [6.45, 7) is 4.42. The van der Waals surface area contributed by atoms with Gasteiger partial charge in [-0.05, 0) is 43.2 Å². The van der Waals surface area contributed by atoms with Crippen molar-refractivity contribution < 1.29 is 4.79 Å². The summed E-state index contributed by atoms with van der Waals surface area (Å²) in [6, 6.07) is 11.5. The number of hydrogen-bond donors (Lipinski definition) is 2. The van der Waals surface area contributed by atoms with Crippen LogP contribution in [0.2, 0.25) is 0 Å². The number of likely N-dealkylation sites (N-methyl/N-ethyl adjacent to an activating group) is 1. The van der Waals surface area contributed by atoms with E-state index < -0.39 is 11.2 Å². The van der Waals surface area contributed by atoms with Gasteiger partial charge >= 0.3 is 5.69 Å². The van der Waals surface area contributed by atoms with Crippen molar-refractivity contribution in [1.29, 1.82) is 0 Å². The number of H-pyrrole nitrogens is 1. The van der Waals surface area contributed by atoms with Crippen molar-refractivity contribution in [2.45, 2.75) is 39.7 Å². The van der Waals surface area contributed by atoms with E-state index in [1.165, 1.54) is 9.47 Å². The molecule has 0 unspecified atom stereocenters. The van der Waals surface area contributed by atoms with E-state index in [9.17, 15) is 14.4 Å². The predicted octanol–water partition coefficient (Wildman–Crippen LogP) is 2.31. The molecule has 8 heteroatoms. The summed E-state index contributed by atoms with van der Waals surface area (Å²) in [4.78, 5) is 41.2. The Hall–Kier alpha value is -3.55. The molecule has 3 aromatic rings. The fourth-order valence-corrected chi connectivity index (χ4v) is 3.40. The number of aromatic nitrogens is 3. The molecule has 0 radical (unpaired) electrons. The van der Waals surface area contributed by atoms with Crippen molar-refractivity contribution in [3.8, 4) is 5.69 Å². The largest absolute Gasteiger partial charge is 0.383 e. The highest BCUT2D eigenvalue weighted by atomic mass is 16.2. The van der Waals surface area contributed by atoms with E-state index in [2.05, 4.69) is 4.98 Å². The average Bonchev–Trinajstić information content (AvgIpc) is 3.26. The van der Waals surface area contributed by atoms with Gasteiger partial charge in [0, 0.05) is 31.2 Å². The highest BCUT2D eigenvalue weighted by Crippen LogP contribution is 2.19. The molecule has 0 aliphatic heterocycles. The van der Waals surface area contributed by atoms with Crippen molar-refractivity contribution in [3.05, 3.63) is 75.2 Å². The third kappa shape index (κ3) is 4.37. The molecule has 30 heavy (non-hydrogen) atoms. The molecule has 0 fully saturated rings. The van der Waals surface area contributed by atoms with Crippen LogP contribution in [0.25, 0.3) is 5.69 Å². The summed E-state index contributed by atoms with van der Waals surface area (Å²) in [5.41, 5.74) is 6.79. The fraction of sp³-hybridized carbons (Fsp3) is 0.318. The van der Waals surface area contributed by atoms with Gasteiger partial charge in [-0.25, -0.2) is 4.79 Å². The van der Waals surface area contributed by atoms with E-state index in [1.807, 2.05) is 60.3 Å². The van der Waals surface area contributed by atoms with E-state index in [1.54, 1.807) is 6.92 Å². The van der Waals surface area contributed by atoms with Crippen LogP contribution in [-0.4, -0.2) is 26.6 Å². The van der Waals surface area contributed by atoms with Gasteiger partial charge in [-0.2, -0.15) is 0 Å². The van der Waals surface area contributed by atoms with Gasteiger partial charge in [-0.1, -0.05) is 25.5 Å². The lowest BCUT2D eigenvalue weighted by molar-refractivity contribution is -0.117. The molecule has 1 aromatic carbocycles. The Balaban J connectivity index is 1.86. The molecule has 8 nitrogen and oxygen atoms in total. The van der Waals surface area contributed by atoms with Crippen molar-refractivity contribution in [2.24, 2.45) is 0 Å². The fourth-order valence-electron chi connectivity index (χ4n) is 3.40. The number of nitrogens with zero attached hydrogens (tertiary/aromatic N) is 3. The molecule has 158 valence electrons. The van der Waals surface area contributed by atoms with E-state index in [0.29, 0.717) is 6.54 Å². The van der Waals surface area contributed by atoms with Crippen LogP contribution in [0.15, 0.2) is 58.4 Å². The summed E-state index contributed by atoms with van der Waals surface area (Å²) in [7, 11) is 0. The quantitative estimate of drug-likeness (QED) is 0.595. The number of nitrogens with two attached hydrogens (primary N) is 1. The molecule has 2 heterocycles. The number of nitrogen functional groups attached to an aromatic ring is 1. The first kappa shape index (κ1) is 21.2. The smallest absolute Gasteiger partial charge is 0.330 e. The minimum Gasteiger partial charge on any atom is -0.383 e. The van der Waals surface area contributed by atoms with Gasteiger partial charge in [0.1, 0.15) is 5.82 Å². The van der Waals surface area contributed by atoms with Crippen LogP contribution in [0.3, 0.4) is 0 Å². The second-order valence-corrected chi connectivity index (χ2v) is 7.07. The van der Waals surface area contributed by atoms with E-state index >= 15 is 0 Å². The summed E-state index contributed by atoms with van der Waals surface area (Å²) in [5.74, 6) is -0.237. The maximum absolute atomic E-state index is 13.0. The van der Waals surface area contributed by atoms with Gasteiger partial charge in [0.2, 0.25) is 5.91 Å². The Morgan fingerprint density at radius 2 is 1.77 bits per heavy atom. The number of benzene rings is 1.